The average molecular weight is 298 g/mol. The molecule has 0 aliphatic carbocycles. The van der Waals surface area contributed by atoms with Gasteiger partial charge in [-0.2, -0.15) is 0 Å². The van der Waals surface area contributed by atoms with Gasteiger partial charge in [0.25, 0.3) is 0 Å². The molecule has 0 amide bonds. The first-order valence-electron chi connectivity index (χ1n) is 7.40. The van der Waals surface area contributed by atoms with E-state index in [0.29, 0.717) is 5.82 Å². The van der Waals surface area contributed by atoms with Crippen molar-refractivity contribution < 1.29 is 0 Å². The van der Waals surface area contributed by atoms with Crippen molar-refractivity contribution in [1.29, 1.82) is 0 Å². The largest absolute Gasteiger partial charge is 0.324 e. The number of nitrogens with zero attached hydrogens (tertiary/aromatic N) is 3. The minimum absolute atomic E-state index is 0.697. The Hall–Kier alpha value is -3.27. The van der Waals surface area contributed by atoms with E-state index < -0.39 is 0 Å². The van der Waals surface area contributed by atoms with Crippen LogP contribution in [-0.2, 0) is 0 Å². The van der Waals surface area contributed by atoms with Crippen molar-refractivity contribution in [2.24, 2.45) is 0 Å². The number of benzene rings is 2. The van der Waals surface area contributed by atoms with Crippen LogP contribution in [-0.4, -0.2) is 15.0 Å². The van der Waals surface area contributed by atoms with Gasteiger partial charge in [-0.15, -0.1) is 0 Å². The van der Waals surface area contributed by atoms with E-state index in [-0.39, 0.29) is 0 Å². The molecule has 0 aliphatic rings. The molecule has 2 aromatic heterocycles. The summed E-state index contributed by atoms with van der Waals surface area (Å²) in [5.74, 6) is 2.21. The van der Waals surface area contributed by atoms with E-state index in [0.717, 1.165) is 28.1 Å². The van der Waals surface area contributed by atoms with Gasteiger partial charge in [-0.05, 0) is 24.3 Å². The van der Waals surface area contributed by atoms with E-state index in [9.17, 15) is 0 Å². The van der Waals surface area contributed by atoms with E-state index >= 15 is 0 Å². The fourth-order valence-electron chi connectivity index (χ4n) is 2.45. The van der Waals surface area contributed by atoms with Gasteiger partial charge in [0.2, 0.25) is 0 Å². The van der Waals surface area contributed by atoms with Crippen LogP contribution in [0.3, 0.4) is 0 Å². The Kier molecular flexibility index (Phi) is 3.41. The number of hydrogen-bond acceptors (Lipinski definition) is 4. The molecule has 0 saturated carbocycles. The molecule has 0 bridgehead atoms. The Labute approximate surface area is 133 Å². The van der Waals surface area contributed by atoms with Gasteiger partial charge in [-0.25, -0.2) is 15.0 Å². The molecule has 0 radical (unpaired) electrons. The zero-order valence-corrected chi connectivity index (χ0v) is 12.3. The molecule has 0 saturated heterocycles. The lowest BCUT2D eigenvalue weighted by Gasteiger charge is -2.10. The average Bonchev–Trinajstić information content (AvgIpc) is 2.63. The molecule has 4 rings (SSSR count). The Bertz CT molecular complexity index is 937. The van der Waals surface area contributed by atoms with E-state index in [4.69, 9.17) is 4.98 Å². The lowest BCUT2D eigenvalue weighted by Crippen LogP contribution is -2.00. The minimum Gasteiger partial charge on any atom is -0.324 e. The number of nitrogens with one attached hydrogen (secondary N) is 1. The van der Waals surface area contributed by atoms with Crippen LogP contribution in [0.2, 0.25) is 0 Å². The summed E-state index contributed by atoms with van der Waals surface area (Å²) in [6.07, 6.45) is 1.75. The van der Waals surface area contributed by atoms with Gasteiger partial charge in [-0.3, -0.25) is 0 Å². The second-order valence-electron chi connectivity index (χ2n) is 5.12. The van der Waals surface area contributed by atoms with Crippen molar-refractivity contribution in [3.05, 3.63) is 79.0 Å². The number of fused-ring (bicyclic) bond motifs is 1. The van der Waals surface area contributed by atoms with E-state index in [2.05, 4.69) is 15.3 Å². The predicted octanol–water partition coefficient (Wildman–Crippen LogP) is 4.44. The van der Waals surface area contributed by atoms with Crippen molar-refractivity contribution in [3.8, 4) is 11.4 Å². The minimum atomic E-state index is 0.697. The summed E-state index contributed by atoms with van der Waals surface area (Å²) in [4.78, 5) is 13.7. The van der Waals surface area contributed by atoms with E-state index in [1.54, 1.807) is 6.20 Å². The highest BCUT2D eigenvalue weighted by Gasteiger charge is 2.09. The second-order valence-corrected chi connectivity index (χ2v) is 5.12. The molecule has 0 atom stereocenters. The molecule has 2 heterocycles. The van der Waals surface area contributed by atoms with Crippen molar-refractivity contribution in [1.82, 2.24) is 15.0 Å². The number of rotatable bonds is 3. The number of aromatic nitrogens is 3. The zero-order valence-electron chi connectivity index (χ0n) is 12.3. The first-order valence-corrected chi connectivity index (χ1v) is 7.40. The molecule has 0 unspecified atom stereocenters. The number of hydrogen-bond donors (Lipinski definition) is 1. The summed E-state index contributed by atoms with van der Waals surface area (Å²) >= 11 is 0. The standard InChI is InChI=1S/C19H14N4/c1-2-8-14(9-3-1)18-21-16-11-5-4-10-15(16)19(23-18)22-17-12-6-7-13-20-17/h1-13H,(H,20,21,22,23). The molecule has 4 aromatic rings. The van der Waals surface area contributed by atoms with Gasteiger partial charge >= 0.3 is 0 Å². The summed E-state index contributed by atoms with van der Waals surface area (Å²) in [5.41, 5.74) is 1.89. The summed E-state index contributed by atoms with van der Waals surface area (Å²) < 4.78 is 0. The molecule has 4 nitrogen and oxygen atoms in total. The fourth-order valence-corrected chi connectivity index (χ4v) is 2.45. The van der Waals surface area contributed by atoms with Crippen molar-refractivity contribution >= 4 is 22.5 Å². The SMILES string of the molecule is c1ccc(-c2nc(Nc3ccccn3)c3ccccc3n2)cc1. The van der Waals surface area contributed by atoms with Crippen LogP contribution >= 0.6 is 0 Å². The summed E-state index contributed by atoms with van der Waals surface area (Å²) in [5, 5.41) is 4.27. The number of anilines is 2. The summed E-state index contributed by atoms with van der Waals surface area (Å²) in [6.45, 7) is 0. The zero-order chi connectivity index (χ0) is 15.5. The van der Waals surface area contributed by atoms with Crippen LogP contribution in [0.4, 0.5) is 11.6 Å². The van der Waals surface area contributed by atoms with E-state index in [1.165, 1.54) is 0 Å². The van der Waals surface area contributed by atoms with Crippen molar-refractivity contribution in [2.45, 2.75) is 0 Å². The van der Waals surface area contributed by atoms with Gasteiger partial charge < -0.3 is 5.32 Å². The highest BCUT2D eigenvalue weighted by molar-refractivity contribution is 5.91. The Balaban J connectivity index is 1.87. The van der Waals surface area contributed by atoms with Gasteiger partial charge in [0.15, 0.2) is 5.82 Å². The highest BCUT2D eigenvalue weighted by atomic mass is 15.1. The normalized spacial score (nSPS) is 10.6. The Morgan fingerprint density at radius 1 is 0.696 bits per heavy atom. The second kappa shape index (κ2) is 5.85. The summed E-state index contributed by atoms with van der Waals surface area (Å²) in [7, 11) is 0. The molecule has 110 valence electrons. The van der Waals surface area contributed by atoms with Gasteiger partial charge in [0.05, 0.1) is 5.52 Å². The third-order valence-corrected chi connectivity index (χ3v) is 3.55. The number of pyridine rings is 1. The fraction of sp³-hybridized carbons (Fsp3) is 0. The molecule has 0 spiro atoms. The molecule has 0 aliphatic heterocycles. The van der Waals surface area contributed by atoms with Crippen LogP contribution < -0.4 is 5.32 Å². The predicted molar refractivity (Wildman–Crippen MR) is 92.5 cm³/mol. The highest BCUT2D eigenvalue weighted by Crippen LogP contribution is 2.26. The maximum Gasteiger partial charge on any atom is 0.162 e. The van der Waals surface area contributed by atoms with Crippen molar-refractivity contribution in [2.75, 3.05) is 5.32 Å². The molecule has 4 heteroatoms. The van der Waals surface area contributed by atoms with Crippen LogP contribution in [0.25, 0.3) is 22.3 Å². The molecule has 1 N–H and O–H groups in total. The first-order chi connectivity index (χ1) is 11.4. The summed E-state index contributed by atoms with van der Waals surface area (Å²) in [6, 6.07) is 23.7. The van der Waals surface area contributed by atoms with Crippen LogP contribution in [0.1, 0.15) is 0 Å². The quantitative estimate of drug-likeness (QED) is 0.607. The number of para-hydroxylation sites is 1. The third-order valence-electron chi connectivity index (χ3n) is 3.55. The Morgan fingerprint density at radius 3 is 2.30 bits per heavy atom. The molecular formula is C19H14N4. The van der Waals surface area contributed by atoms with Crippen LogP contribution in [0.5, 0.6) is 0 Å². The molecule has 2 aromatic carbocycles. The van der Waals surface area contributed by atoms with Crippen LogP contribution in [0.15, 0.2) is 79.0 Å². The topological polar surface area (TPSA) is 50.7 Å². The molecular weight excluding hydrogens is 284 g/mol. The molecule has 0 fully saturated rings. The van der Waals surface area contributed by atoms with Gasteiger partial charge in [0, 0.05) is 17.1 Å². The molecule has 23 heavy (non-hydrogen) atoms. The smallest absolute Gasteiger partial charge is 0.162 e. The lowest BCUT2D eigenvalue weighted by atomic mass is 10.2. The third kappa shape index (κ3) is 2.74. The maximum atomic E-state index is 4.70. The Morgan fingerprint density at radius 2 is 1.48 bits per heavy atom. The lowest BCUT2D eigenvalue weighted by molar-refractivity contribution is 1.21. The monoisotopic (exact) mass is 298 g/mol. The van der Waals surface area contributed by atoms with Crippen LogP contribution in [0, 0.1) is 0 Å². The van der Waals surface area contributed by atoms with Gasteiger partial charge in [0.1, 0.15) is 11.6 Å². The maximum absolute atomic E-state index is 4.70. The van der Waals surface area contributed by atoms with E-state index in [1.807, 2.05) is 72.8 Å². The van der Waals surface area contributed by atoms with Gasteiger partial charge in [-0.1, -0.05) is 48.5 Å². The van der Waals surface area contributed by atoms with Crippen molar-refractivity contribution in [3.63, 3.8) is 0 Å². The first kappa shape index (κ1) is 13.4.